The molecular formula is C22H32N4O3. The normalized spacial score (nSPS) is 19.1. The number of piperazine rings is 1. The number of amides is 3. The van der Waals surface area contributed by atoms with Crippen LogP contribution in [0.3, 0.4) is 0 Å². The summed E-state index contributed by atoms with van der Waals surface area (Å²) in [6.45, 7) is 9.20. The zero-order valence-corrected chi connectivity index (χ0v) is 17.5. The van der Waals surface area contributed by atoms with Gasteiger partial charge >= 0.3 is 0 Å². The molecule has 0 spiro atoms. The smallest absolute Gasteiger partial charge is 0.251 e. The van der Waals surface area contributed by atoms with Crippen LogP contribution >= 0.6 is 0 Å². The molecule has 7 nitrogen and oxygen atoms in total. The van der Waals surface area contributed by atoms with Crippen LogP contribution in [0, 0.1) is 0 Å². The fraction of sp³-hybridized carbons (Fsp3) is 0.591. The lowest BCUT2D eigenvalue weighted by molar-refractivity contribution is -0.154. The number of benzene rings is 1. The summed E-state index contributed by atoms with van der Waals surface area (Å²) < 4.78 is 0. The quantitative estimate of drug-likeness (QED) is 0.638. The second kappa shape index (κ2) is 9.87. The van der Waals surface area contributed by atoms with Gasteiger partial charge in [0, 0.05) is 25.2 Å². The van der Waals surface area contributed by atoms with E-state index in [0.29, 0.717) is 25.2 Å². The van der Waals surface area contributed by atoms with Crippen molar-refractivity contribution in [2.45, 2.75) is 45.7 Å². The number of carbonyl (C=O) groups excluding carboxylic acids is 3. The van der Waals surface area contributed by atoms with Gasteiger partial charge in [-0.3, -0.25) is 14.4 Å². The van der Waals surface area contributed by atoms with Gasteiger partial charge in [0.05, 0.1) is 0 Å². The standard InChI is InChI=1S/C22H32N4O3/c1-3-24(4-2)13-6-12-23-21(28)18-10-8-17(9-11-18)15-25-16-20(27)26-14-5-7-19(26)22(25)29/h8-11,19H,3-7,12-16H2,1-2H3,(H,23,28)/t19-/m0/s1. The molecule has 2 heterocycles. The molecule has 2 aliphatic heterocycles. The highest BCUT2D eigenvalue weighted by atomic mass is 16.2. The number of rotatable bonds is 9. The lowest BCUT2D eigenvalue weighted by atomic mass is 10.1. The Hall–Kier alpha value is -2.41. The first kappa shape index (κ1) is 21.3. The maximum atomic E-state index is 12.6. The molecule has 0 unspecified atom stereocenters. The monoisotopic (exact) mass is 400 g/mol. The van der Waals surface area contributed by atoms with Crippen LogP contribution in [-0.2, 0) is 16.1 Å². The second-order valence-corrected chi connectivity index (χ2v) is 7.77. The highest BCUT2D eigenvalue weighted by Gasteiger charge is 2.41. The highest BCUT2D eigenvalue weighted by Crippen LogP contribution is 2.24. The minimum absolute atomic E-state index is 0.0350. The fourth-order valence-electron chi connectivity index (χ4n) is 4.13. The molecule has 7 heteroatoms. The number of carbonyl (C=O) groups is 3. The van der Waals surface area contributed by atoms with Crippen molar-refractivity contribution in [1.29, 1.82) is 0 Å². The van der Waals surface area contributed by atoms with Gasteiger partial charge in [-0.2, -0.15) is 0 Å². The van der Waals surface area contributed by atoms with Crippen molar-refractivity contribution in [1.82, 2.24) is 20.0 Å². The summed E-state index contributed by atoms with van der Waals surface area (Å²) in [6.07, 6.45) is 2.58. The van der Waals surface area contributed by atoms with Crippen molar-refractivity contribution in [3.8, 4) is 0 Å². The molecule has 0 saturated carbocycles. The van der Waals surface area contributed by atoms with Gasteiger partial charge in [0.1, 0.15) is 12.6 Å². The van der Waals surface area contributed by atoms with Crippen LogP contribution in [-0.4, -0.2) is 77.7 Å². The van der Waals surface area contributed by atoms with Gasteiger partial charge in [0.15, 0.2) is 0 Å². The molecule has 1 aromatic rings. The molecule has 0 radical (unpaired) electrons. The predicted molar refractivity (Wildman–Crippen MR) is 111 cm³/mol. The van der Waals surface area contributed by atoms with Crippen LogP contribution in [0.1, 0.15) is 49.0 Å². The van der Waals surface area contributed by atoms with E-state index in [1.54, 1.807) is 21.9 Å². The summed E-state index contributed by atoms with van der Waals surface area (Å²) in [7, 11) is 0. The Kier molecular flexibility index (Phi) is 7.25. The summed E-state index contributed by atoms with van der Waals surface area (Å²) >= 11 is 0. The molecule has 2 saturated heterocycles. The Balaban J connectivity index is 1.49. The van der Waals surface area contributed by atoms with Gasteiger partial charge in [-0.05, 0) is 56.6 Å². The van der Waals surface area contributed by atoms with Gasteiger partial charge in [-0.15, -0.1) is 0 Å². The Morgan fingerprint density at radius 3 is 2.59 bits per heavy atom. The summed E-state index contributed by atoms with van der Waals surface area (Å²) in [5, 5.41) is 2.96. The highest BCUT2D eigenvalue weighted by molar-refractivity contribution is 5.95. The van der Waals surface area contributed by atoms with Crippen LogP contribution in [0.15, 0.2) is 24.3 Å². The minimum atomic E-state index is -0.280. The average molecular weight is 401 g/mol. The largest absolute Gasteiger partial charge is 0.352 e. The molecular weight excluding hydrogens is 368 g/mol. The van der Waals surface area contributed by atoms with Crippen LogP contribution in [0.4, 0.5) is 0 Å². The minimum Gasteiger partial charge on any atom is -0.352 e. The summed E-state index contributed by atoms with van der Waals surface area (Å²) in [6, 6.07) is 7.02. The van der Waals surface area contributed by atoms with Crippen molar-refractivity contribution < 1.29 is 14.4 Å². The van der Waals surface area contributed by atoms with Crippen LogP contribution in [0.5, 0.6) is 0 Å². The molecule has 2 aliphatic rings. The van der Waals surface area contributed by atoms with Crippen LogP contribution < -0.4 is 5.32 Å². The average Bonchev–Trinajstić information content (AvgIpc) is 3.23. The number of hydrogen-bond donors (Lipinski definition) is 1. The van der Waals surface area contributed by atoms with Gasteiger partial charge in [-0.1, -0.05) is 26.0 Å². The lowest BCUT2D eigenvalue weighted by Gasteiger charge is -2.36. The second-order valence-electron chi connectivity index (χ2n) is 7.77. The maximum absolute atomic E-state index is 12.6. The molecule has 0 aliphatic carbocycles. The first-order valence-electron chi connectivity index (χ1n) is 10.7. The van der Waals surface area contributed by atoms with E-state index in [0.717, 1.165) is 44.5 Å². The number of nitrogens with zero attached hydrogens (tertiary/aromatic N) is 3. The van der Waals surface area contributed by atoms with E-state index in [1.807, 2.05) is 12.1 Å². The number of nitrogens with one attached hydrogen (secondary N) is 1. The maximum Gasteiger partial charge on any atom is 0.251 e. The number of hydrogen-bond acceptors (Lipinski definition) is 4. The van der Waals surface area contributed by atoms with E-state index in [-0.39, 0.29) is 30.3 Å². The van der Waals surface area contributed by atoms with Gasteiger partial charge < -0.3 is 20.0 Å². The van der Waals surface area contributed by atoms with Crippen molar-refractivity contribution in [3.05, 3.63) is 35.4 Å². The molecule has 3 rings (SSSR count). The molecule has 0 aromatic heterocycles. The van der Waals surface area contributed by atoms with Gasteiger partial charge in [0.25, 0.3) is 5.91 Å². The molecule has 1 N–H and O–H groups in total. The number of fused-ring (bicyclic) bond motifs is 1. The zero-order chi connectivity index (χ0) is 20.8. The first-order valence-corrected chi connectivity index (χ1v) is 10.7. The fourth-order valence-corrected chi connectivity index (χ4v) is 4.13. The van der Waals surface area contributed by atoms with Crippen LogP contribution in [0.25, 0.3) is 0 Å². The summed E-state index contributed by atoms with van der Waals surface area (Å²) in [4.78, 5) is 42.9. The van der Waals surface area contributed by atoms with E-state index in [4.69, 9.17) is 0 Å². The topological polar surface area (TPSA) is 73.0 Å². The lowest BCUT2D eigenvalue weighted by Crippen LogP contribution is -2.56. The molecule has 29 heavy (non-hydrogen) atoms. The summed E-state index contributed by atoms with van der Waals surface area (Å²) in [5.41, 5.74) is 1.54. The Bertz CT molecular complexity index is 730. The van der Waals surface area contributed by atoms with Crippen molar-refractivity contribution in [2.75, 3.05) is 39.3 Å². The van der Waals surface area contributed by atoms with Crippen molar-refractivity contribution >= 4 is 17.7 Å². The van der Waals surface area contributed by atoms with Crippen LogP contribution in [0.2, 0.25) is 0 Å². The van der Waals surface area contributed by atoms with E-state index in [9.17, 15) is 14.4 Å². The molecule has 1 aromatic carbocycles. The third-order valence-corrected chi connectivity index (χ3v) is 5.92. The molecule has 1 atom stereocenters. The Labute approximate surface area is 173 Å². The van der Waals surface area contributed by atoms with Gasteiger partial charge in [0.2, 0.25) is 11.8 Å². The van der Waals surface area contributed by atoms with E-state index in [1.165, 1.54) is 0 Å². The Morgan fingerprint density at radius 2 is 1.90 bits per heavy atom. The van der Waals surface area contributed by atoms with Gasteiger partial charge in [-0.25, -0.2) is 0 Å². The third-order valence-electron chi connectivity index (χ3n) is 5.92. The molecule has 0 bridgehead atoms. The molecule has 3 amide bonds. The van der Waals surface area contributed by atoms with E-state index >= 15 is 0 Å². The van der Waals surface area contributed by atoms with Crippen molar-refractivity contribution in [2.24, 2.45) is 0 Å². The molecule has 158 valence electrons. The first-order chi connectivity index (χ1) is 14.0. The SMILES string of the molecule is CCN(CC)CCCNC(=O)c1ccc(CN2CC(=O)N3CCC[C@H]3C2=O)cc1. The van der Waals surface area contributed by atoms with Crippen molar-refractivity contribution in [3.63, 3.8) is 0 Å². The predicted octanol–water partition coefficient (Wildman–Crippen LogP) is 1.48. The zero-order valence-electron chi connectivity index (χ0n) is 17.5. The third kappa shape index (κ3) is 5.15. The van der Waals surface area contributed by atoms with E-state index in [2.05, 4.69) is 24.1 Å². The Morgan fingerprint density at radius 1 is 1.17 bits per heavy atom. The summed E-state index contributed by atoms with van der Waals surface area (Å²) in [5.74, 6) is -0.00754. The molecule has 2 fully saturated rings. The van der Waals surface area contributed by atoms with E-state index < -0.39 is 0 Å².